The van der Waals surface area contributed by atoms with E-state index in [0.29, 0.717) is 24.7 Å². The van der Waals surface area contributed by atoms with Crippen LogP contribution < -0.4 is 9.47 Å². The van der Waals surface area contributed by atoms with Gasteiger partial charge in [0.05, 0.1) is 18.6 Å². The lowest BCUT2D eigenvalue weighted by molar-refractivity contribution is -0.385. The number of nitrogens with zero attached hydrogens (tertiary/aromatic N) is 4. The van der Waals surface area contributed by atoms with Crippen molar-refractivity contribution in [3.8, 4) is 11.8 Å². The molecule has 0 bridgehead atoms. The first-order chi connectivity index (χ1) is 13.0. The topological polar surface area (TPSA) is 108 Å². The number of amides is 1. The highest BCUT2D eigenvalue weighted by Crippen LogP contribution is 2.26. The number of nitro benzene ring substituents is 1. The highest BCUT2D eigenvalue weighted by molar-refractivity contribution is 6.31. The lowest BCUT2D eigenvalue weighted by atomic mass is 10.1. The first-order valence-electron chi connectivity index (χ1n) is 8.25. The molecule has 1 saturated heterocycles. The number of hydrogen-bond acceptors (Lipinski definition) is 7. The summed E-state index contributed by atoms with van der Waals surface area (Å²) in [6.07, 6.45) is 1.15. The molecular formula is C17H17ClN4O5. The van der Waals surface area contributed by atoms with Gasteiger partial charge < -0.3 is 14.4 Å². The van der Waals surface area contributed by atoms with Gasteiger partial charge in [-0.3, -0.25) is 14.9 Å². The van der Waals surface area contributed by atoms with Crippen LogP contribution in [0.4, 0.5) is 5.69 Å². The maximum atomic E-state index is 12.8. The molecule has 0 saturated carbocycles. The van der Waals surface area contributed by atoms with Crippen LogP contribution in [0.25, 0.3) is 0 Å². The number of carbonyl (C=O) groups is 1. The van der Waals surface area contributed by atoms with Crippen LogP contribution in [0.1, 0.15) is 23.2 Å². The van der Waals surface area contributed by atoms with Crippen LogP contribution in [0, 0.1) is 10.1 Å². The van der Waals surface area contributed by atoms with Crippen LogP contribution in [0.15, 0.2) is 30.3 Å². The number of rotatable bonds is 5. The highest BCUT2D eigenvalue weighted by Gasteiger charge is 2.30. The van der Waals surface area contributed by atoms with E-state index in [2.05, 4.69) is 10.2 Å². The molecule has 10 heteroatoms. The fourth-order valence-electron chi connectivity index (χ4n) is 2.88. The zero-order chi connectivity index (χ0) is 19.4. The quantitative estimate of drug-likeness (QED) is 0.568. The van der Waals surface area contributed by atoms with Crippen LogP contribution in [-0.2, 0) is 0 Å². The Labute approximate surface area is 160 Å². The molecule has 1 aromatic heterocycles. The van der Waals surface area contributed by atoms with Crippen LogP contribution in [0.3, 0.4) is 0 Å². The van der Waals surface area contributed by atoms with Gasteiger partial charge in [0, 0.05) is 29.8 Å². The Hall–Kier alpha value is -2.94. The smallest absolute Gasteiger partial charge is 0.282 e. The van der Waals surface area contributed by atoms with Gasteiger partial charge in [0.2, 0.25) is 11.8 Å². The number of methoxy groups -OCH3 is 1. The van der Waals surface area contributed by atoms with Gasteiger partial charge in [-0.15, -0.1) is 10.2 Å². The lowest BCUT2D eigenvalue weighted by Crippen LogP contribution is -2.44. The molecule has 9 nitrogen and oxygen atoms in total. The van der Waals surface area contributed by atoms with Crippen LogP contribution >= 0.6 is 11.6 Å². The van der Waals surface area contributed by atoms with E-state index in [4.69, 9.17) is 21.1 Å². The molecule has 142 valence electrons. The summed E-state index contributed by atoms with van der Waals surface area (Å²) in [7, 11) is 1.49. The number of ether oxygens (including phenoxy) is 2. The Bertz CT molecular complexity index is 846. The molecule has 0 radical (unpaired) electrons. The van der Waals surface area contributed by atoms with Gasteiger partial charge in [0.25, 0.3) is 11.6 Å². The molecule has 2 heterocycles. The van der Waals surface area contributed by atoms with Gasteiger partial charge in [-0.05, 0) is 25.0 Å². The average Bonchev–Trinajstić information content (AvgIpc) is 2.68. The third kappa shape index (κ3) is 4.43. The molecule has 3 rings (SSSR count). The zero-order valence-corrected chi connectivity index (χ0v) is 15.3. The zero-order valence-electron chi connectivity index (χ0n) is 14.5. The van der Waals surface area contributed by atoms with Crippen molar-refractivity contribution >= 4 is 23.2 Å². The number of piperidine rings is 1. The Morgan fingerprint density at radius 1 is 1.30 bits per heavy atom. The van der Waals surface area contributed by atoms with Crippen molar-refractivity contribution in [2.24, 2.45) is 0 Å². The molecule has 1 aromatic carbocycles. The molecule has 0 spiro atoms. The first kappa shape index (κ1) is 18.8. The van der Waals surface area contributed by atoms with Gasteiger partial charge in [0.1, 0.15) is 11.7 Å². The van der Waals surface area contributed by atoms with Crippen LogP contribution in [-0.4, -0.2) is 52.2 Å². The number of nitro groups is 1. The second-order valence-electron chi connectivity index (χ2n) is 5.97. The molecule has 1 atom stereocenters. The molecule has 0 aliphatic carbocycles. The second kappa shape index (κ2) is 8.17. The van der Waals surface area contributed by atoms with Crippen molar-refractivity contribution in [3.63, 3.8) is 0 Å². The Balaban J connectivity index is 1.73. The Morgan fingerprint density at radius 2 is 2.04 bits per heavy atom. The molecule has 2 aromatic rings. The molecule has 1 unspecified atom stereocenters. The minimum absolute atomic E-state index is 0.0302. The van der Waals surface area contributed by atoms with E-state index in [9.17, 15) is 14.9 Å². The standard InChI is InChI=1S/C17H17ClN4O5/c1-26-15-6-7-16(20-19-15)27-12-3-2-8-21(10-12)17(23)13-9-11(18)4-5-14(13)22(24)25/h4-7,9,12H,2-3,8,10H2,1H3. The summed E-state index contributed by atoms with van der Waals surface area (Å²) >= 11 is 5.92. The van der Waals surface area contributed by atoms with E-state index in [1.807, 2.05) is 0 Å². The molecule has 0 N–H and O–H groups in total. The predicted octanol–water partition coefficient (Wildman–Crippen LogP) is 2.73. The lowest BCUT2D eigenvalue weighted by Gasteiger charge is -2.32. The fourth-order valence-corrected chi connectivity index (χ4v) is 3.05. The molecular weight excluding hydrogens is 376 g/mol. The molecule has 1 aliphatic heterocycles. The third-order valence-electron chi connectivity index (χ3n) is 4.16. The minimum Gasteiger partial charge on any atom is -0.480 e. The van der Waals surface area contributed by atoms with Crippen molar-refractivity contribution in [1.82, 2.24) is 15.1 Å². The Morgan fingerprint density at radius 3 is 2.70 bits per heavy atom. The van der Waals surface area contributed by atoms with Gasteiger partial charge in [-0.2, -0.15) is 0 Å². The summed E-state index contributed by atoms with van der Waals surface area (Å²) in [5, 5.41) is 19.2. The molecule has 1 amide bonds. The Kier molecular flexibility index (Phi) is 5.70. The van der Waals surface area contributed by atoms with E-state index in [0.717, 1.165) is 6.42 Å². The van der Waals surface area contributed by atoms with Crippen molar-refractivity contribution in [2.75, 3.05) is 20.2 Å². The first-order valence-corrected chi connectivity index (χ1v) is 8.63. The summed E-state index contributed by atoms with van der Waals surface area (Å²) in [4.78, 5) is 25.0. The predicted molar refractivity (Wildman–Crippen MR) is 96.2 cm³/mol. The maximum absolute atomic E-state index is 12.8. The number of halogens is 1. The van der Waals surface area contributed by atoms with E-state index in [1.165, 1.54) is 30.2 Å². The molecule has 27 heavy (non-hydrogen) atoms. The number of likely N-dealkylation sites (tertiary alicyclic amines) is 1. The minimum atomic E-state index is -0.589. The van der Waals surface area contributed by atoms with E-state index >= 15 is 0 Å². The third-order valence-corrected chi connectivity index (χ3v) is 4.40. The second-order valence-corrected chi connectivity index (χ2v) is 6.40. The monoisotopic (exact) mass is 392 g/mol. The van der Waals surface area contributed by atoms with Gasteiger partial charge in [-0.1, -0.05) is 11.6 Å². The molecule has 1 fully saturated rings. The van der Waals surface area contributed by atoms with E-state index in [1.54, 1.807) is 12.1 Å². The summed E-state index contributed by atoms with van der Waals surface area (Å²) in [5.41, 5.74) is -0.300. The summed E-state index contributed by atoms with van der Waals surface area (Å²) in [6, 6.07) is 7.21. The van der Waals surface area contributed by atoms with Crippen LogP contribution in [0.5, 0.6) is 11.8 Å². The van der Waals surface area contributed by atoms with Crippen LogP contribution in [0.2, 0.25) is 5.02 Å². The summed E-state index contributed by atoms with van der Waals surface area (Å²) in [6.45, 7) is 0.771. The number of carbonyl (C=O) groups excluding carboxylic acids is 1. The van der Waals surface area contributed by atoms with Gasteiger partial charge in [0.15, 0.2) is 0 Å². The largest absolute Gasteiger partial charge is 0.480 e. The molecule has 1 aliphatic rings. The van der Waals surface area contributed by atoms with Crippen molar-refractivity contribution in [3.05, 3.63) is 51.0 Å². The normalized spacial score (nSPS) is 16.7. The average molecular weight is 393 g/mol. The number of hydrogen-bond donors (Lipinski definition) is 0. The van der Waals surface area contributed by atoms with Crippen molar-refractivity contribution in [2.45, 2.75) is 18.9 Å². The highest BCUT2D eigenvalue weighted by atomic mass is 35.5. The van der Waals surface area contributed by atoms with Crippen molar-refractivity contribution in [1.29, 1.82) is 0 Å². The van der Waals surface area contributed by atoms with Gasteiger partial charge in [-0.25, -0.2) is 0 Å². The fraction of sp³-hybridized carbons (Fsp3) is 0.353. The number of benzene rings is 1. The summed E-state index contributed by atoms with van der Waals surface area (Å²) in [5.74, 6) is 0.248. The number of aromatic nitrogens is 2. The maximum Gasteiger partial charge on any atom is 0.282 e. The summed E-state index contributed by atoms with van der Waals surface area (Å²) < 4.78 is 10.7. The van der Waals surface area contributed by atoms with E-state index < -0.39 is 10.8 Å². The SMILES string of the molecule is COc1ccc(OC2CCCN(C(=O)c3cc(Cl)ccc3[N+](=O)[O-])C2)nn1. The van der Waals surface area contributed by atoms with E-state index in [-0.39, 0.29) is 28.9 Å². The van der Waals surface area contributed by atoms with Gasteiger partial charge >= 0.3 is 0 Å². The van der Waals surface area contributed by atoms with Crippen molar-refractivity contribution < 1.29 is 19.2 Å².